The van der Waals surface area contributed by atoms with Crippen molar-refractivity contribution < 1.29 is 9.21 Å². The number of aromatic nitrogens is 1. The van der Waals surface area contributed by atoms with Crippen LogP contribution in [0.25, 0.3) is 0 Å². The summed E-state index contributed by atoms with van der Waals surface area (Å²) >= 11 is 0. The van der Waals surface area contributed by atoms with E-state index in [-0.39, 0.29) is 5.91 Å². The van der Waals surface area contributed by atoms with E-state index in [9.17, 15) is 4.79 Å². The Kier molecular flexibility index (Phi) is 4.18. The summed E-state index contributed by atoms with van der Waals surface area (Å²) in [6.45, 7) is 2.42. The van der Waals surface area contributed by atoms with Gasteiger partial charge in [-0.25, -0.2) is 0 Å². The monoisotopic (exact) mass is 259 g/mol. The molecule has 5 heteroatoms. The van der Waals surface area contributed by atoms with Crippen LogP contribution in [-0.2, 0) is 6.42 Å². The molecule has 2 aromatic heterocycles. The molecule has 0 unspecified atom stereocenters. The summed E-state index contributed by atoms with van der Waals surface area (Å²) < 4.78 is 5.21. The van der Waals surface area contributed by atoms with Gasteiger partial charge < -0.3 is 15.1 Å². The van der Waals surface area contributed by atoms with Crippen molar-refractivity contribution in [2.45, 2.75) is 13.3 Å². The highest BCUT2D eigenvalue weighted by Gasteiger charge is 2.11. The van der Waals surface area contributed by atoms with E-state index in [1.165, 1.54) is 0 Å². The molecule has 0 fully saturated rings. The number of rotatable bonds is 5. The van der Waals surface area contributed by atoms with Gasteiger partial charge in [-0.3, -0.25) is 9.78 Å². The maximum atomic E-state index is 12.0. The number of nitrogens with one attached hydrogen (secondary N) is 2. The highest BCUT2D eigenvalue weighted by molar-refractivity contribution is 5.99. The van der Waals surface area contributed by atoms with Gasteiger partial charge in [-0.2, -0.15) is 0 Å². The van der Waals surface area contributed by atoms with E-state index >= 15 is 0 Å². The second-order valence-electron chi connectivity index (χ2n) is 4.21. The second-order valence-corrected chi connectivity index (χ2v) is 4.21. The molecule has 0 aromatic carbocycles. The zero-order valence-electron chi connectivity index (χ0n) is 11.1. The Bertz CT molecular complexity index is 550. The van der Waals surface area contributed by atoms with Crippen molar-refractivity contribution in [2.24, 2.45) is 0 Å². The van der Waals surface area contributed by atoms with Crippen molar-refractivity contribution in [2.75, 3.05) is 18.9 Å². The van der Waals surface area contributed by atoms with Crippen LogP contribution in [0.15, 0.2) is 35.1 Å². The van der Waals surface area contributed by atoms with Gasteiger partial charge in [0.05, 0.1) is 17.5 Å². The summed E-state index contributed by atoms with van der Waals surface area (Å²) in [4.78, 5) is 16.2. The smallest absolute Gasteiger partial charge is 0.254 e. The lowest BCUT2D eigenvalue weighted by atomic mass is 10.2. The lowest BCUT2D eigenvalue weighted by molar-refractivity contribution is 0.0954. The minimum Gasteiger partial charge on any atom is -0.469 e. The predicted octanol–water partition coefficient (Wildman–Crippen LogP) is 2.00. The largest absolute Gasteiger partial charge is 0.469 e. The molecule has 0 aliphatic carbocycles. The number of nitrogens with zero attached hydrogens (tertiary/aromatic N) is 1. The number of hydrogen-bond acceptors (Lipinski definition) is 4. The van der Waals surface area contributed by atoms with Crippen molar-refractivity contribution in [1.82, 2.24) is 10.3 Å². The van der Waals surface area contributed by atoms with Crippen LogP contribution in [0, 0.1) is 6.92 Å². The fourth-order valence-corrected chi connectivity index (χ4v) is 1.80. The zero-order valence-corrected chi connectivity index (χ0v) is 11.1. The molecule has 2 rings (SSSR count). The van der Waals surface area contributed by atoms with E-state index < -0.39 is 0 Å². The maximum Gasteiger partial charge on any atom is 0.254 e. The van der Waals surface area contributed by atoms with Gasteiger partial charge in [-0.15, -0.1) is 0 Å². The summed E-state index contributed by atoms with van der Waals surface area (Å²) in [5, 5.41) is 5.85. The molecule has 100 valence electrons. The fourth-order valence-electron chi connectivity index (χ4n) is 1.80. The maximum absolute atomic E-state index is 12.0. The summed E-state index contributed by atoms with van der Waals surface area (Å²) in [6.07, 6.45) is 3.89. The van der Waals surface area contributed by atoms with Crippen LogP contribution in [0.5, 0.6) is 0 Å². The first-order chi connectivity index (χ1) is 9.20. The number of anilines is 1. The lowest BCUT2D eigenvalue weighted by Crippen LogP contribution is -2.26. The number of aryl methyl sites for hydroxylation is 1. The van der Waals surface area contributed by atoms with Crippen molar-refractivity contribution in [1.29, 1.82) is 0 Å². The van der Waals surface area contributed by atoms with Gasteiger partial charge in [0.1, 0.15) is 5.76 Å². The Morgan fingerprint density at radius 2 is 2.32 bits per heavy atom. The molecule has 0 radical (unpaired) electrons. The van der Waals surface area contributed by atoms with Gasteiger partial charge in [-0.1, -0.05) is 0 Å². The van der Waals surface area contributed by atoms with E-state index in [2.05, 4.69) is 15.6 Å². The minimum absolute atomic E-state index is 0.136. The molecule has 2 N–H and O–H groups in total. The summed E-state index contributed by atoms with van der Waals surface area (Å²) in [5.41, 5.74) is 2.20. The van der Waals surface area contributed by atoms with Crippen LogP contribution in [0.3, 0.4) is 0 Å². The van der Waals surface area contributed by atoms with Gasteiger partial charge in [0.15, 0.2) is 0 Å². The summed E-state index contributed by atoms with van der Waals surface area (Å²) in [7, 11) is 1.79. The Morgan fingerprint density at radius 1 is 1.47 bits per heavy atom. The Balaban J connectivity index is 1.96. The predicted molar refractivity (Wildman–Crippen MR) is 73.3 cm³/mol. The molecule has 0 aliphatic heterocycles. The number of pyridine rings is 1. The molecular weight excluding hydrogens is 242 g/mol. The van der Waals surface area contributed by atoms with E-state index in [0.29, 0.717) is 18.5 Å². The van der Waals surface area contributed by atoms with Crippen LogP contribution >= 0.6 is 0 Å². The second kappa shape index (κ2) is 6.04. The molecule has 0 saturated carbocycles. The van der Waals surface area contributed by atoms with Crippen LogP contribution in [0.2, 0.25) is 0 Å². The molecule has 0 bridgehead atoms. The van der Waals surface area contributed by atoms with E-state index in [0.717, 1.165) is 17.1 Å². The molecule has 0 spiro atoms. The average Bonchev–Trinajstić information content (AvgIpc) is 2.91. The molecule has 2 heterocycles. The fraction of sp³-hybridized carbons (Fsp3) is 0.286. The number of carbonyl (C=O) groups excluding carboxylic acids is 1. The Labute approximate surface area is 112 Å². The highest BCUT2D eigenvalue weighted by Crippen LogP contribution is 2.14. The molecular formula is C14H17N3O2. The molecule has 0 atom stereocenters. The van der Waals surface area contributed by atoms with Gasteiger partial charge in [-0.05, 0) is 25.1 Å². The first-order valence-corrected chi connectivity index (χ1v) is 6.15. The molecule has 1 amide bonds. The molecule has 19 heavy (non-hydrogen) atoms. The van der Waals surface area contributed by atoms with Crippen LogP contribution in [-0.4, -0.2) is 24.5 Å². The normalized spacial score (nSPS) is 10.2. The van der Waals surface area contributed by atoms with E-state index in [4.69, 9.17) is 4.42 Å². The lowest BCUT2D eigenvalue weighted by Gasteiger charge is -2.09. The topological polar surface area (TPSA) is 67.2 Å². The minimum atomic E-state index is -0.136. The van der Waals surface area contributed by atoms with Crippen molar-refractivity contribution in [3.8, 4) is 0 Å². The molecule has 5 nitrogen and oxygen atoms in total. The molecule has 0 aliphatic rings. The first-order valence-electron chi connectivity index (χ1n) is 6.15. The van der Waals surface area contributed by atoms with Gasteiger partial charge in [0.2, 0.25) is 0 Å². The third-order valence-corrected chi connectivity index (χ3v) is 2.79. The number of hydrogen-bond donors (Lipinski definition) is 2. The number of carbonyl (C=O) groups is 1. The standard InChI is InChI=1S/C14H17N3O2/c1-10-8-13(15-2)12(9-17-10)14(18)16-6-5-11-4-3-7-19-11/h3-4,7-9H,5-6H2,1-2H3,(H,15,17)(H,16,18). The van der Waals surface area contributed by atoms with Crippen LogP contribution in [0.4, 0.5) is 5.69 Å². The van der Waals surface area contributed by atoms with Crippen molar-refractivity contribution in [3.63, 3.8) is 0 Å². The zero-order chi connectivity index (χ0) is 13.7. The highest BCUT2D eigenvalue weighted by atomic mass is 16.3. The molecule has 2 aromatic rings. The third-order valence-electron chi connectivity index (χ3n) is 2.79. The van der Waals surface area contributed by atoms with Crippen LogP contribution in [0.1, 0.15) is 21.8 Å². The molecule has 0 saturated heterocycles. The Morgan fingerprint density at radius 3 is 3.00 bits per heavy atom. The SMILES string of the molecule is CNc1cc(C)ncc1C(=O)NCCc1ccco1. The average molecular weight is 259 g/mol. The van der Waals surface area contributed by atoms with Gasteiger partial charge >= 0.3 is 0 Å². The third kappa shape index (κ3) is 3.34. The van der Waals surface area contributed by atoms with E-state index in [1.54, 1.807) is 19.5 Å². The van der Waals surface area contributed by atoms with Crippen molar-refractivity contribution in [3.05, 3.63) is 47.7 Å². The van der Waals surface area contributed by atoms with Gasteiger partial charge in [0.25, 0.3) is 5.91 Å². The Hall–Kier alpha value is -2.30. The number of amides is 1. The summed E-state index contributed by atoms with van der Waals surface area (Å²) in [5.74, 6) is 0.722. The van der Waals surface area contributed by atoms with Crippen LogP contribution < -0.4 is 10.6 Å². The number of furan rings is 1. The first kappa shape index (κ1) is 13.1. The van der Waals surface area contributed by atoms with E-state index in [1.807, 2.05) is 25.1 Å². The summed E-state index contributed by atoms with van der Waals surface area (Å²) in [6, 6.07) is 5.57. The quantitative estimate of drug-likeness (QED) is 0.861. The van der Waals surface area contributed by atoms with Crippen molar-refractivity contribution >= 4 is 11.6 Å². The van der Waals surface area contributed by atoms with Gasteiger partial charge in [0, 0.05) is 31.9 Å².